The highest BCUT2D eigenvalue weighted by atomic mass is 32.1. The van der Waals surface area contributed by atoms with Crippen molar-refractivity contribution in [1.82, 2.24) is 5.32 Å². The summed E-state index contributed by atoms with van der Waals surface area (Å²) >= 11 is 1.76. The monoisotopic (exact) mass is 316 g/mol. The number of carbonyl (C=O) groups is 1. The van der Waals surface area contributed by atoms with Gasteiger partial charge < -0.3 is 9.64 Å². The molecular formula is C17H20N2O2S. The summed E-state index contributed by atoms with van der Waals surface area (Å²) in [6, 6.07) is 12.3. The second-order valence-corrected chi connectivity index (χ2v) is 6.37. The predicted molar refractivity (Wildman–Crippen MR) is 89.2 cm³/mol. The van der Waals surface area contributed by atoms with Crippen LogP contribution in [-0.2, 0) is 16.1 Å². The lowest BCUT2D eigenvalue weighted by atomic mass is 10.1. The van der Waals surface area contributed by atoms with Crippen molar-refractivity contribution in [3.05, 3.63) is 52.9 Å². The average Bonchev–Trinajstić information content (AvgIpc) is 3.01. The summed E-state index contributed by atoms with van der Waals surface area (Å²) in [4.78, 5) is 13.6. The zero-order valence-electron chi connectivity index (χ0n) is 12.6. The van der Waals surface area contributed by atoms with Gasteiger partial charge in [0.1, 0.15) is 12.7 Å². The molecule has 1 aromatic carbocycles. The number of benzene rings is 1. The van der Waals surface area contributed by atoms with Crippen molar-refractivity contribution in [3.63, 3.8) is 0 Å². The second-order valence-electron chi connectivity index (χ2n) is 5.47. The highest BCUT2D eigenvalue weighted by Crippen LogP contribution is 2.32. The largest absolute Gasteiger partial charge is 0.364 e. The molecule has 0 saturated carbocycles. The van der Waals surface area contributed by atoms with Crippen LogP contribution in [0.4, 0.5) is 5.00 Å². The van der Waals surface area contributed by atoms with Crippen molar-refractivity contribution in [3.8, 4) is 0 Å². The molecule has 22 heavy (non-hydrogen) atoms. The third-order valence-corrected chi connectivity index (χ3v) is 4.69. The van der Waals surface area contributed by atoms with E-state index >= 15 is 0 Å². The maximum atomic E-state index is 11.3. The van der Waals surface area contributed by atoms with E-state index in [2.05, 4.69) is 33.8 Å². The maximum Gasteiger partial charge on any atom is 0.155 e. The Morgan fingerprint density at radius 3 is 2.95 bits per heavy atom. The fraction of sp³-hybridized carbons (Fsp3) is 0.353. The summed E-state index contributed by atoms with van der Waals surface area (Å²) in [6.07, 6.45) is -0.111. The van der Waals surface area contributed by atoms with Crippen LogP contribution in [0, 0.1) is 0 Å². The molecule has 1 aliphatic rings. The molecule has 1 atom stereocenters. The number of fused-ring (bicyclic) bond motifs is 1. The topological polar surface area (TPSA) is 41.6 Å². The Morgan fingerprint density at radius 1 is 1.36 bits per heavy atom. The van der Waals surface area contributed by atoms with Crippen LogP contribution in [-0.4, -0.2) is 25.6 Å². The first-order valence-corrected chi connectivity index (χ1v) is 8.30. The molecule has 116 valence electrons. The van der Waals surface area contributed by atoms with E-state index in [0.717, 1.165) is 25.3 Å². The van der Waals surface area contributed by atoms with Gasteiger partial charge in [0, 0.05) is 12.1 Å². The van der Waals surface area contributed by atoms with Crippen LogP contribution in [0.5, 0.6) is 0 Å². The van der Waals surface area contributed by atoms with Gasteiger partial charge in [-0.2, -0.15) is 0 Å². The normalized spacial score (nSPS) is 15.4. The van der Waals surface area contributed by atoms with Gasteiger partial charge >= 0.3 is 0 Å². The molecule has 1 aromatic heterocycles. The number of nitrogens with one attached hydrogen (secondary N) is 1. The van der Waals surface area contributed by atoms with Gasteiger partial charge in [0.15, 0.2) is 5.78 Å². The van der Waals surface area contributed by atoms with E-state index in [4.69, 9.17) is 4.74 Å². The van der Waals surface area contributed by atoms with Crippen molar-refractivity contribution in [1.29, 1.82) is 0 Å². The molecule has 0 bridgehead atoms. The Balaban J connectivity index is 1.77. The first kappa shape index (κ1) is 15.2. The van der Waals surface area contributed by atoms with Gasteiger partial charge in [0.05, 0.1) is 18.2 Å². The molecule has 0 amide bonds. The van der Waals surface area contributed by atoms with Gasteiger partial charge in [-0.1, -0.05) is 30.3 Å². The Morgan fingerprint density at radius 2 is 2.18 bits per heavy atom. The molecule has 0 aliphatic carbocycles. The Labute approximate surface area is 134 Å². The smallest absolute Gasteiger partial charge is 0.155 e. The minimum absolute atomic E-state index is 0.0505. The molecule has 0 radical (unpaired) electrons. The zero-order chi connectivity index (χ0) is 15.4. The van der Waals surface area contributed by atoms with Crippen molar-refractivity contribution in [2.75, 3.05) is 24.7 Å². The van der Waals surface area contributed by atoms with Gasteiger partial charge in [-0.05, 0) is 23.9 Å². The summed E-state index contributed by atoms with van der Waals surface area (Å²) < 4.78 is 5.87. The predicted octanol–water partition coefficient (Wildman–Crippen LogP) is 2.96. The van der Waals surface area contributed by atoms with Crippen LogP contribution in [0.2, 0.25) is 0 Å². The summed E-state index contributed by atoms with van der Waals surface area (Å²) in [5.41, 5.74) is 2.43. The molecule has 0 saturated heterocycles. The van der Waals surface area contributed by atoms with Gasteiger partial charge in [-0.15, -0.1) is 11.3 Å². The number of rotatable bonds is 6. The van der Waals surface area contributed by atoms with Gasteiger partial charge in [0.25, 0.3) is 0 Å². The average molecular weight is 316 g/mol. The summed E-state index contributed by atoms with van der Waals surface area (Å²) in [7, 11) is 0. The summed E-state index contributed by atoms with van der Waals surface area (Å²) in [6.45, 7) is 4.16. The van der Waals surface area contributed by atoms with Gasteiger partial charge in [0.2, 0.25) is 0 Å². The highest BCUT2D eigenvalue weighted by Gasteiger charge is 2.22. The quantitative estimate of drug-likeness (QED) is 0.889. The second kappa shape index (κ2) is 7.05. The van der Waals surface area contributed by atoms with Crippen LogP contribution in [0.15, 0.2) is 41.8 Å². The number of carbonyl (C=O) groups excluding carboxylic acids is 1. The minimum atomic E-state index is -0.111. The fourth-order valence-corrected chi connectivity index (χ4v) is 3.57. The van der Waals surface area contributed by atoms with Crippen molar-refractivity contribution >= 4 is 22.1 Å². The van der Waals surface area contributed by atoms with Crippen LogP contribution < -0.4 is 10.2 Å². The van der Waals surface area contributed by atoms with Gasteiger partial charge in [-0.3, -0.25) is 10.1 Å². The number of hydrogen-bond donors (Lipinski definition) is 1. The third-order valence-electron chi connectivity index (χ3n) is 3.67. The first-order chi connectivity index (χ1) is 10.7. The molecular weight excluding hydrogens is 296 g/mol. The Kier molecular flexibility index (Phi) is 4.87. The van der Waals surface area contributed by atoms with E-state index in [-0.39, 0.29) is 18.5 Å². The lowest BCUT2D eigenvalue weighted by Crippen LogP contribution is -2.41. The summed E-state index contributed by atoms with van der Waals surface area (Å²) in [5.74, 6) is 0.0505. The number of ketones is 1. The SMILES string of the molecule is CC(=O)CO[C@@H](CN1CNCc2ccsc21)c1ccccc1. The fourth-order valence-electron chi connectivity index (χ4n) is 2.62. The van der Waals surface area contributed by atoms with Crippen LogP contribution >= 0.6 is 11.3 Å². The van der Waals surface area contributed by atoms with E-state index in [0.29, 0.717) is 0 Å². The number of ether oxygens (including phenoxy) is 1. The maximum absolute atomic E-state index is 11.3. The molecule has 1 N–H and O–H groups in total. The first-order valence-electron chi connectivity index (χ1n) is 7.42. The molecule has 5 heteroatoms. The number of thiophene rings is 1. The number of hydrogen-bond acceptors (Lipinski definition) is 5. The van der Waals surface area contributed by atoms with E-state index < -0.39 is 0 Å². The number of anilines is 1. The van der Waals surface area contributed by atoms with E-state index in [1.807, 2.05) is 18.2 Å². The molecule has 0 spiro atoms. The minimum Gasteiger partial charge on any atom is -0.364 e. The molecule has 4 nitrogen and oxygen atoms in total. The zero-order valence-corrected chi connectivity index (χ0v) is 13.4. The lowest BCUT2D eigenvalue weighted by Gasteiger charge is -2.32. The van der Waals surface area contributed by atoms with Crippen molar-refractivity contribution in [2.24, 2.45) is 0 Å². The molecule has 2 aromatic rings. The molecule has 3 rings (SSSR count). The van der Waals surface area contributed by atoms with E-state index in [1.54, 1.807) is 18.3 Å². The van der Waals surface area contributed by atoms with Crippen molar-refractivity contribution < 1.29 is 9.53 Å². The van der Waals surface area contributed by atoms with Crippen LogP contribution in [0.3, 0.4) is 0 Å². The highest BCUT2D eigenvalue weighted by molar-refractivity contribution is 7.14. The molecule has 2 heterocycles. The third kappa shape index (κ3) is 3.55. The van der Waals surface area contributed by atoms with Gasteiger partial charge in [-0.25, -0.2) is 0 Å². The Hall–Kier alpha value is -1.69. The number of nitrogens with zero attached hydrogens (tertiary/aromatic N) is 1. The van der Waals surface area contributed by atoms with E-state index in [1.165, 1.54) is 10.6 Å². The lowest BCUT2D eigenvalue weighted by molar-refractivity contribution is -0.123. The van der Waals surface area contributed by atoms with Crippen LogP contribution in [0.1, 0.15) is 24.2 Å². The molecule has 0 unspecified atom stereocenters. The molecule has 0 fully saturated rings. The number of Topliss-reactive ketones (excluding diaryl/α,β-unsaturated/α-hetero) is 1. The summed E-state index contributed by atoms with van der Waals surface area (Å²) in [5, 5.41) is 6.83. The standard InChI is InChI=1S/C17H20N2O2S/c1-13(20)11-21-16(14-5-3-2-4-6-14)10-19-12-18-9-15-7-8-22-17(15)19/h2-8,16,18H,9-12H2,1H3/t16-/m0/s1. The Bertz CT molecular complexity index is 627. The van der Waals surface area contributed by atoms with Crippen LogP contribution in [0.25, 0.3) is 0 Å². The van der Waals surface area contributed by atoms with Crippen molar-refractivity contribution in [2.45, 2.75) is 19.6 Å². The molecule has 1 aliphatic heterocycles. The van der Waals surface area contributed by atoms with E-state index in [9.17, 15) is 4.79 Å².